The summed E-state index contributed by atoms with van der Waals surface area (Å²) in [6.45, 7) is 3.23. The lowest BCUT2D eigenvalue weighted by molar-refractivity contribution is 0.0992. The second-order valence-corrected chi connectivity index (χ2v) is 7.29. The van der Waals surface area contributed by atoms with E-state index in [9.17, 15) is 0 Å². The van der Waals surface area contributed by atoms with Crippen molar-refractivity contribution in [3.05, 3.63) is 48.2 Å². The predicted molar refractivity (Wildman–Crippen MR) is 127 cm³/mol. The molecule has 4 rings (SSSR count). The zero-order valence-corrected chi connectivity index (χ0v) is 19.7. The van der Waals surface area contributed by atoms with Gasteiger partial charge in [-0.05, 0) is 62.1 Å². The van der Waals surface area contributed by atoms with Crippen LogP contribution < -0.4 is 20.1 Å². The molecule has 30 heavy (non-hydrogen) atoms. The van der Waals surface area contributed by atoms with Gasteiger partial charge in [-0.2, -0.15) is 0 Å². The Morgan fingerprint density at radius 3 is 2.67 bits per heavy atom. The van der Waals surface area contributed by atoms with Gasteiger partial charge in [-0.25, -0.2) is 4.98 Å². The Bertz CT molecular complexity index is 847. The minimum absolute atomic E-state index is 0. The van der Waals surface area contributed by atoms with Crippen LogP contribution in [0.4, 0.5) is 0 Å². The highest BCUT2D eigenvalue weighted by atomic mass is 127. The molecule has 8 heteroatoms. The lowest BCUT2D eigenvalue weighted by atomic mass is 9.96. The summed E-state index contributed by atoms with van der Waals surface area (Å²) in [5, 5.41) is 6.86. The van der Waals surface area contributed by atoms with Crippen molar-refractivity contribution in [1.82, 2.24) is 15.6 Å². The number of hydrogen-bond acceptors (Lipinski definition) is 5. The molecule has 2 fully saturated rings. The first-order chi connectivity index (χ1) is 14.2. The lowest BCUT2D eigenvalue weighted by Crippen LogP contribution is -2.47. The first kappa shape index (κ1) is 22.6. The smallest absolute Gasteiger partial charge is 0.219 e. The summed E-state index contributed by atoms with van der Waals surface area (Å²) in [4.78, 5) is 8.65. The Labute approximate surface area is 194 Å². The fourth-order valence-electron chi connectivity index (χ4n) is 3.85. The van der Waals surface area contributed by atoms with E-state index in [1.165, 1.54) is 6.42 Å². The van der Waals surface area contributed by atoms with Gasteiger partial charge >= 0.3 is 0 Å². The summed E-state index contributed by atoms with van der Waals surface area (Å²) in [7, 11) is 1.79. The van der Waals surface area contributed by atoms with Crippen molar-refractivity contribution < 1.29 is 14.2 Å². The predicted octanol–water partition coefficient (Wildman–Crippen LogP) is 3.88. The average Bonchev–Trinajstić information content (AvgIpc) is 3.36. The van der Waals surface area contributed by atoms with E-state index in [0.29, 0.717) is 37.3 Å². The quantitative estimate of drug-likeness (QED) is 0.326. The molecule has 2 N–H and O–H groups in total. The zero-order chi connectivity index (χ0) is 20.1. The van der Waals surface area contributed by atoms with E-state index in [4.69, 9.17) is 14.2 Å². The van der Waals surface area contributed by atoms with Gasteiger partial charge in [0.15, 0.2) is 5.96 Å². The highest BCUT2D eigenvalue weighted by Gasteiger charge is 2.41. The number of ether oxygens (including phenoxy) is 3. The Morgan fingerprint density at radius 2 is 2.00 bits per heavy atom. The molecule has 0 spiro atoms. The topological polar surface area (TPSA) is 77.0 Å². The average molecular weight is 524 g/mol. The number of pyridine rings is 1. The number of rotatable bonds is 7. The molecule has 3 heterocycles. The van der Waals surface area contributed by atoms with Gasteiger partial charge in [0.2, 0.25) is 5.88 Å². The number of nitrogens with one attached hydrogen (secondary N) is 2. The van der Waals surface area contributed by atoms with Crippen LogP contribution in [0.15, 0.2) is 47.6 Å². The van der Waals surface area contributed by atoms with E-state index in [0.717, 1.165) is 35.9 Å². The molecule has 0 amide bonds. The summed E-state index contributed by atoms with van der Waals surface area (Å²) in [6, 6.07) is 11.8. The molecule has 1 aromatic heterocycles. The maximum absolute atomic E-state index is 5.91. The van der Waals surface area contributed by atoms with Crippen molar-refractivity contribution in [2.24, 2.45) is 4.99 Å². The molecular weight excluding hydrogens is 495 g/mol. The standard InChI is InChI=1S/C22H28N4O3.HI/c1-3-27-16-4-6-17(7-5-16)29-21-12-15(10-11-24-21)14-25-22(23-2)26-19-13-18-8-9-20(19)28-18;/h4-7,10-12,18-20H,3,8-9,13-14H2,1-2H3,(H2,23,25,26);1H. The summed E-state index contributed by atoms with van der Waals surface area (Å²) in [5.74, 6) is 2.89. The number of guanidine groups is 1. The van der Waals surface area contributed by atoms with Crippen LogP contribution in [0.3, 0.4) is 0 Å². The van der Waals surface area contributed by atoms with Gasteiger partial charge in [0.1, 0.15) is 11.5 Å². The fraction of sp³-hybridized carbons (Fsp3) is 0.455. The van der Waals surface area contributed by atoms with Gasteiger partial charge in [-0.3, -0.25) is 4.99 Å². The molecule has 2 bridgehead atoms. The van der Waals surface area contributed by atoms with Crippen LogP contribution >= 0.6 is 24.0 Å². The number of aromatic nitrogens is 1. The van der Waals surface area contributed by atoms with Crippen LogP contribution in [-0.2, 0) is 11.3 Å². The van der Waals surface area contributed by atoms with E-state index < -0.39 is 0 Å². The van der Waals surface area contributed by atoms with E-state index in [1.807, 2.05) is 43.3 Å². The van der Waals surface area contributed by atoms with E-state index in [2.05, 4.69) is 20.6 Å². The van der Waals surface area contributed by atoms with Crippen molar-refractivity contribution in [3.8, 4) is 17.4 Å². The third-order valence-corrected chi connectivity index (χ3v) is 5.27. The summed E-state index contributed by atoms with van der Waals surface area (Å²) in [6.07, 6.45) is 5.85. The van der Waals surface area contributed by atoms with E-state index in [-0.39, 0.29) is 24.0 Å². The van der Waals surface area contributed by atoms with Gasteiger partial charge in [-0.1, -0.05) is 0 Å². The minimum Gasteiger partial charge on any atom is -0.494 e. The Hall–Kier alpha value is -2.07. The third-order valence-electron chi connectivity index (χ3n) is 5.27. The molecule has 3 unspecified atom stereocenters. The molecule has 1 aromatic carbocycles. The van der Waals surface area contributed by atoms with Gasteiger partial charge in [-0.15, -0.1) is 24.0 Å². The molecule has 2 saturated heterocycles. The van der Waals surface area contributed by atoms with Crippen LogP contribution in [0.5, 0.6) is 17.4 Å². The first-order valence-corrected chi connectivity index (χ1v) is 10.2. The molecule has 2 aliphatic rings. The monoisotopic (exact) mass is 524 g/mol. The van der Waals surface area contributed by atoms with Crippen LogP contribution in [-0.4, -0.2) is 42.8 Å². The Kier molecular flexibility index (Phi) is 8.15. The molecule has 0 radical (unpaired) electrons. The fourth-order valence-corrected chi connectivity index (χ4v) is 3.85. The molecule has 0 aliphatic carbocycles. The first-order valence-electron chi connectivity index (χ1n) is 10.2. The van der Waals surface area contributed by atoms with E-state index in [1.54, 1.807) is 13.2 Å². The Morgan fingerprint density at radius 1 is 1.20 bits per heavy atom. The second-order valence-electron chi connectivity index (χ2n) is 7.29. The summed E-state index contributed by atoms with van der Waals surface area (Å²) >= 11 is 0. The highest BCUT2D eigenvalue weighted by Crippen LogP contribution is 2.34. The van der Waals surface area contributed by atoms with Crippen molar-refractivity contribution in [1.29, 1.82) is 0 Å². The van der Waals surface area contributed by atoms with Crippen molar-refractivity contribution >= 4 is 29.9 Å². The largest absolute Gasteiger partial charge is 0.494 e. The lowest BCUT2D eigenvalue weighted by Gasteiger charge is -2.22. The number of hydrogen-bond donors (Lipinski definition) is 2. The van der Waals surface area contributed by atoms with Crippen LogP contribution in [0.2, 0.25) is 0 Å². The second kappa shape index (κ2) is 10.8. The van der Waals surface area contributed by atoms with E-state index >= 15 is 0 Å². The maximum atomic E-state index is 5.91. The molecule has 0 saturated carbocycles. The van der Waals surface area contributed by atoms with Gasteiger partial charge in [0.25, 0.3) is 0 Å². The molecule has 2 aromatic rings. The van der Waals surface area contributed by atoms with Crippen molar-refractivity contribution in [2.75, 3.05) is 13.7 Å². The summed E-state index contributed by atoms with van der Waals surface area (Å²) in [5.41, 5.74) is 1.06. The number of fused-ring (bicyclic) bond motifs is 2. The molecule has 3 atom stereocenters. The maximum Gasteiger partial charge on any atom is 0.219 e. The van der Waals surface area contributed by atoms with Gasteiger partial charge < -0.3 is 24.8 Å². The minimum atomic E-state index is 0. The summed E-state index contributed by atoms with van der Waals surface area (Å²) < 4.78 is 17.2. The van der Waals surface area contributed by atoms with Gasteiger partial charge in [0, 0.05) is 25.9 Å². The number of benzene rings is 1. The number of nitrogens with zero attached hydrogens (tertiary/aromatic N) is 2. The van der Waals surface area contributed by atoms with Crippen molar-refractivity contribution in [3.63, 3.8) is 0 Å². The van der Waals surface area contributed by atoms with Crippen LogP contribution in [0.1, 0.15) is 31.7 Å². The number of aliphatic imine (C=N–C) groups is 1. The molecule has 162 valence electrons. The van der Waals surface area contributed by atoms with Crippen LogP contribution in [0, 0.1) is 0 Å². The van der Waals surface area contributed by atoms with Gasteiger partial charge in [0.05, 0.1) is 24.9 Å². The zero-order valence-electron chi connectivity index (χ0n) is 17.3. The highest BCUT2D eigenvalue weighted by molar-refractivity contribution is 14.0. The van der Waals surface area contributed by atoms with Crippen LogP contribution in [0.25, 0.3) is 0 Å². The molecule has 7 nitrogen and oxygen atoms in total. The third kappa shape index (κ3) is 5.75. The number of halogens is 1. The SMILES string of the molecule is CCOc1ccc(Oc2cc(CNC(=NC)NC3CC4CCC3O4)ccn2)cc1.I. The van der Waals surface area contributed by atoms with Crippen molar-refractivity contribution in [2.45, 2.75) is 51.0 Å². The molecule has 2 aliphatic heterocycles. The Balaban J connectivity index is 0.00000256. The molecular formula is C22H29IN4O3. The normalized spacial score (nSPS) is 22.3.